The Kier molecular flexibility index (Phi) is 6.98. The molecule has 0 N–H and O–H groups in total. The number of aromatic nitrogens is 1. The molecule has 0 radical (unpaired) electrons. The van der Waals surface area contributed by atoms with Crippen molar-refractivity contribution in [2.75, 3.05) is 37.6 Å². The van der Waals surface area contributed by atoms with Crippen LogP contribution in [-0.4, -0.2) is 65.5 Å². The molecule has 1 aromatic heterocycles. The van der Waals surface area contributed by atoms with Crippen LogP contribution in [0.3, 0.4) is 0 Å². The lowest BCUT2D eigenvalue weighted by molar-refractivity contribution is 0.0491. The summed E-state index contributed by atoms with van der Waals surface area (Å²) in [5, 5.41) is 9.74. The number of nitriles is 1. The van der Waals surface area contributed by atoms with E-state index in [9.17, 15) is 4.79 Å². The molecule has 32 heavy (non-hydrogen) atoms. The molecular formula is C25H30ClN5O. The lowest BCUT2D eigenvalue weighted by Crippen LogP contribution is -2.58. The highest BCUT2D eigenvalue weighted by Crippen LogP contribution is 2.28. The maximum absolute atomic E-state index is 12.8. The van der Waals surface area contributed by atoms with E-state index in [4.69, 9.17) is 16.9 Å². The monoisotopic (exact) mass is 451 g/mol. The molecule has 0 spiro atoms. The van der Waals surface area contributed by atoms with Gasteiger partial charge in [0.25, 0.3) is 5.91 Å². The molecule has 0 unspecified atom stereocenters. The molecule has 3 heterocycles. The van der Waals surface area contributed by atoms with Gasteiger partial charge in [0.05, 0.1) is 11.9 Å². The molecule has 1 amide bonds. The van der Waals surface area contributed by atoms with Gasteiger partial charge in [0.2, 0.25) is 0 Å². The molecular weight excluding hydrogens is 422 g/mol. The second-order valence-electron chi connectivity index (χ2n) is 8.74. The van der Waals surface area contributed by atoms with E-state index in [0.717, 1.165) is 63.2 Å². The smallest absolute Gasteiger partial charge is 0.253 e. The average molecular weight is 452 g/mol. The third kappa shape index (κ3) is 4.74. The van der Waals surface area contributed by atoms with Crippen molar-refractivity contribution in [2.24, 2.45) is 0 Å². The molecule has 2 aliphatic heterocycles. The lowest BCUT2D eigenvalue weighted by atomic mass is 9.97. The van der Waals surface area contributed by atoms with Crippen LogP contribution in [0.4, 0.5) is 5.69 Å². The van der Waals surface area contributed by atoms with Gasteiger partial charge in [0.1, 0.15) is 11.8 Å². The molecule has 2 saturated heterocycles. The molecule has 0 aliphatic carbocycles. The highest BCUT2D eigenvalue weighted by atomic mass is 35.5. The number of piperidine rings is 1. The number of hydrogen-bond acceptors (Lipinski definition) is 5. The topological polar surface area (TPSA) is 63.5 Å². The van der Waals surface area contributed by atoms with Gasteiger partial charge in [0, 0.05) is 55.4 Å². The Hall–Kier alpha value is -2.62. The SMILES string of the molecule is CC[C@H]1CN(c2cnc(C#N)cc2C)CCN1C1CCN(C(=O)c2ccc(Cl)cc2)CC1. The van der Waals surface area contributed by atoms with Gasteiger partial charge in [-0.25, -0.2) is 4.98 Å². The molecule has 7 heteroatoms. The number of anilines is 1. The Balaban J connectivity index is 1.36. The minimum Gasteiger partial charge on any atom is -0.367 e. The van der Waals surface area contributed by atoms with E-state index in [1.165, 1.54) is 0 Å². The van der Waals surface area contributed by atoms with Gasteiger partial charge in [-0.05, 0) is 62.1 Å². The predicted molar refractivity (Wildman–Crippen MR) is 127 cm³/mol. The number of halogens is 1. The van der Waals surface area contributed by atoms with E-state index in [-0.39, 0.29) is 5.91 Å². The van der Waals surface area contributed by atoms with Crippen molar-refractivity contribution < 1.29 is 4.79 Å². The molecule has 2 fully saturated rings. The Morgan fingerprint density at radius 3 is 2.53 bits per heavy atom. The highest BCUT2D eigenvalue weighted by Gasteiger charge is 2.34. The zero-order valence-corrected chi connectivity index (χ0v) is 19.6. The first kappa shape index (κ1) is 22.6. The molecule has 4 rings (SSSR count). The van der Waals surface area contributed by atoms with Crippen LogP contribution >= 0.6 is 11.6 Å². The second kappa shape index (κ2) is 9.89. The normalized spacial score (nSPS) is 20.2. The van der Waals surface area contributed by atoms with Gasteiger partial charge >= 0.3 is 0 Å². The van der Waals surface area contributed by atoms with Crippen LogP contribution in [0.1, 0.15) is 47.8 Å². The number of carbonyl (C=O) groups is 1. The maximum atomic E-state index is 12.8. The summed E-state index contributed by atoms with van der Waals surface area (Å²) in [6.45, 7) is 8.82. The first-order chi connectivity index (χ1) is 15.5. The van der Waals surface area contributed by atoms with Crippen LogP contribution in [0.5, 0.6) is 0 Å². The van der Waals surface area contributed by atoms with Crippen LogP contribution in [-0.2, 0) is 0 Å². The average Bonchev–Trinajstić information content (AvgIpc) is 2.83. The maximum Gasteiger partial charge on any atom is 0.253 e. The standard InChI is InChI=1S/C25H30ClN5O/c1-3-22-17-30(24-16-28-21(15-27)14-18(24)2)12-13-31(22)23-8-10-29(11-9-23)25(32)19-4-6-20(26)7-5-19/h4-7,14,16,22-23H,3,8-13,17H2,1-2H3/t22-/m0/s1. The van der Waals surface area contributed by atoms with Gasteiger partial charge in [-0.1, -0.05) is 18.5 Å². The van der Waals surface area contributed by atoms with E-state index >= 15 is 0 Å². The van der Waals surface area contributed by atoms with E-state index in [2.05, 4.69) is 34.7 Å². The van der Waals surface area contributed by atoms with Crippen molar-refractivity contribution >= 4 is 23.2 Å². The van der Waals surface area contributed by atoms with Crippen LogP contribution < -0.4 is 4.90 Å². The van der Waals surface area contributed by atoms with E-state index in [1.54, 1.807) is 12.1 Å². The van der Waals surface area contributed by atoms with Crippen molar-refractivity contribution in [1.82, 2.24) is 14.8 Å². The van der Waals surface area contributed by atoms with Crippen LogP contribution in [0, 0.1) is 18.3 Å². The summed E-state index contributed by atoms with van der Waals surface area (Å²) in [4.78, 5) is 24.2. The van der Waals surface area contributed by atoms with Gasteiger partial charge in [0.15, 0.2) is 0 Å². The van der Waals surface area contributed by atoms with Crippen LogP contribution in [0.25, 0.3) is 0 Å². The number of piperazine rings is 1. The quantitative estimate of drug-likeness (QED) is 0.699. The Bertz CT molecular complexity index is 994. The second-order valence-corrected chi connectivity index (χ2v) is 9.18. The third-order valence-electron chi connectivity index (χ3n) is 6.85. The fraction of sp³-hybridized carbons (Fsp3) is 0.480. The van der Waals surface area contributed by atoms with Gasteiger partial charge in [-0.15, -0.1) is 0 Å². The molecule has 0 bridgehead atoms. The Labute approximate surface area is 195 Å². The number of likely N-dealkylation sites (tertiary alicyclic amines) is 1. The first-order valence-corrected chi connectivity index (χ1v) is 11.8. The Morgan fingerprint density at radius 1 is 1.19 bits per heavy atom. The van der Waals surface area contributed by atoms with E-state index in [1.807, 2.05) is 29.3 Å². The van der Waals surface area contributed by atoms with Crippen molar-refractivity contribution in [2.45, 2.75) is 45.2 Å². The Morgan fingerprint density at radius 2 is 1.91 bits per heavy atom. The van der Waals surface area contributed by atoms with Gasteiger partial charge in [-0.3, -0.25) is 9.69 Å². The lowest BCUT2D eigenvalue weighted by Gasteiger charge is -2.48. The molecule has 1 atom stereocenters. The summed E-state index contributed by atoms with van der Waals surface area (Å²) in [6.07, 6.45) is 4.95. The van der Waals surface area contributed by atoms with Crippen molar-refractivity contribution in [1.29, 1.82) is 5.26 Å². The van der Waals surface area contributed by atoms with Crippen molar-refractivity contribution in [3.63, 3.8) is 0 Å². The minimum absolute atomic E-state index is 0.0979. The van der Waals surface area contributed by atoms with Crippen LogP contribution in [0.15, 0.2) is 36.5 Å². The van der Waals surface area contributed by atoms with Gasteiger partial charge < -0.3 is 9.80 Å². The van der Waals surface area contributed by atoms with Gasteiger partial charge in [-0.2, -0.15) is 5.26 Å². The number of aryl methyl sites for hydroxylation is 1. The van der Waals surface area contributed by atoms with Crippen molar-refractivity contribution in [3.8, 4) is 6.07 Å². The predicted octanol–water partition coefficient (Wildman–Crippen LogP) is 4.12. The molecule has 168 valence electrons. The minimum atomic E-state index is 0.0979. The number of amides is 1. The number of pyridine rings is 1. The summed E-state index contributed by atoms with van der Waals surface area (Å²) in [7, 11) is 0. The van der Waals surface area contributed by atoms with E-state index in [0.29, 0.717) is 28.4 Å². The number of hydrogen-bond donors (Lipinski definition) is 0. The van der Waals surface area contributed by atoms with Crippen LogP contribution in [0.2, 0.25) is 5.02 Å². The zero-order valence-electron chi connectivity index (χ0n) is 18.8. The molecule has 2 aromatic rings. The zero-order chi connectivity index (χ0) is 22.7. The molecule has 2 aliphatic rings. The van der Waals surface area contributed by atoms with Crippen molar-refractivity contribution in [3.05, 3.63) is 58.4 Å². The highest BCUT2D eigenvalue weighted by molar-refractivity contribution is 6.30. The number of nitrogens with zero attached hydrogens (tertiary/aromatic N) is 5. The molecule has 0 saturated carbocycles. The summed E-state index contributed by atoms with van der Waals surface area (Å²) in [5.41, 5.74) is 3.41. The number of carbonyl (C=O) groups excluding carboxylic acids is 1. The largest absolute Gasteiger partial charge is 0.367 e. The molecule has 6 nitrogen and oxygen atoms in total. The fourth-order valence-electron chi connectivity index (χ4n) is 5.05. The third-order valence-corrected chi connectivity index (χ3v) is 7.10. The first-order valence-electron chi connectivity index (χ1n) is 11.4. The summed E-state index contributed by atoms with van der Waals surface area (Å²) >= 11 is 5.96. The summed E-state index contributed by atoms with van der Waals surface area (Å²) in [5.74, 6) is 0.0979. The van der Waals surface area contributed by atoms with E-state index < -0.39 is 0 Å². The molecule has 1 aromatic carbocycles. The number of benzene rings is 1. The number of rotatable bonds is 4. The summed E-state index contributed by atoms with van der Waals surface area (Å²) < 4.78 is 0. The summed E-state index contributed by atoms with van der Waals surface area (Å²) in [6, 6.07) is 12.1. The fourth-order valence-corrected chi connectivity index (χ4v) is 5.18.